The summed E-state index contributed by atoms with van der Waals surface area (Å²) in [6.45, 7) is 19.3. The number of guanidine groups is 1. The quantitative estimate of drug-likeness (QED) is 0.448. The minimum atomic E-state index is 0.541. The summed E-state index contributed by atoms with van der Waals surface area (Å²) in [5.74, 6) is 2.26. The number of morpholine rings is 1. The lowest BCUT2D eigenvalue weighted by Gasteiger charge is -2.35. The van der Waals surface area contributed by atoms with Crippen LogP contribution < -0.4 is 10.6 Å². The van der Waals surface area contributed by atoms with Gasteiger partial charge in [-0.05, 0) is 51.1 Å². The Balaban J connectivity index is 1.83. The third-order valence-corrected chi connectivity index (χ3v) is 5.48. The molecule has 0 saturated carbocycles. The number of aliphatic imine (C=N–C) groups is 1. The van der Waals surface area contributed by atoms with E-state index in [4.69, 9.17) is 9.73 Å². The highest BCUT2D eigenvalue weighted by molar-refractivity contribution is 5.79. The molecule has 6 heteroatoms. The molecule has 2 heterocycles. The molecule has 2 aliphatic heterocycles. The van der Waals surface area contributed by atoms with Crippen molar-refractivity contribution in [2.75, 3.05) is 65.6 Å². The molecule has 6 nitrogen and oxygen atoms in total. The second-order valence-corrected chi connectivity index (χ2v) is 8.65. The van der Waals surface area contributed by atoms with Crippen LogP contribution in [0, 0.1) is 11.8 Å². The van der Waals surface area contributed by atoms with Crippen molar-refractivity contribution in [3.8, 4) is 0 Å². The number of likely N-dealkylation sites (tertiary alicyclic amines) is 1. The van der Waals surface area contributed by atoms with Gasteiger partial charge in [0.05, 0.1) is 13.2 Å². The Morgan fingerprint density at radius 3 is 2.37 bits per heavy atom. The maximum absolute atomic E-state index is 5.54. The third kappa shape index (κ3) is 8.79. The second-order valence-electron chi connectivity index (χ2n) is 8.65. The molecule has 0 aromatic rings. The van der Waals surface area contributed by atoms with E-state index in [1.807, 2.05) is 0 Å². The van der Waals surface area contributed by atoms with E-state index in [1.165, 1.54) is 38.9 Å². The number of ether oxygens (including phenoxy) is 1. The standard InChI is InChI=1S/C21H43N5O/c1-5-22-21(23-15-19(4)17-25-8-6-7-9-25)24-16-20(14-18(2)3)26-10-12-27-13-11-26/h18-20H,5-17H2,1-4H3,(H2,22,23,24). The van der Waals surface area contributed by atoms with Crippen molar-refractivity contribution >= 4 is 5.96 Å². The van der Waals surface area contributed by atoms with Crippen LogP contribution >= 0.6 is 0 Å². The first kappa shape index (κ1) is 22.4. The molecule has 0 aromatic carbocycles. The van der Waals surface area contributed by atoms with Crippen LogP contribution in [0.4, 0.5) is 0 Å². The molecule has 0 bridgehead atoms. The summed E-state index contributed by atoms with van der Waals surface area (Å²) in [5.41, 5.74) is 0. The van der Waals surface area contributed by atoms with Crippen LogP contribution in [0.5, 0.6) is 0 Å². The van der Waals surface area contributed by atoms with Crippen LogP contribution in [0.25, 0.3) is 0 Å². The lowest BCUT2D eigenvalue weighted by atomic mass is 10.0. The molecule has 2 rings (SSSR count). The number of nitrogens with zero attached hydrogens (tertiary/aromatic N) is 3. The summed E-state index contributed by atoms with van der Waals surface area (Å²) in [4.78, 5) is 10.0. The van der Waals surface area contributed by atoms with Gasteiger partial charge >= 0.3 is 0 Å². The summed E-state index contributed by atoms with van der Waals surface area (Å²) < 4.78 is 5.54. The van der Waals surface area contributed by atoms with Crippen molar-refractivity contribution in [3.63, 3.8) is 0 Å². The molecule has 2 aliphatic rings. The Kier molecular flexibility index (Phi) is 10.5. The van der Waals surface area contributed by atoms with E-state index in [9.17, 15) is 0 Å². The summed E-state index contributed by atoms with van der Waals surface area (Å²) in [6, 6.07) is 0.541. The average molecular weight is 382 g/mol. The number of rotatable bonds is 10. The molecule has 158 valence electrons. The lowest BCUT2D eigenvalue weighted by molar-refractivity contribution is 0.0132. The van der Waals surface area contributed by atoms with Gasteiger partial charge in [0.2, 0.25) is 0 Å². The fourth-order valence-electron chi connectivity index (χ4n) is 4.12. The number of nitrogens with one attached hydrogen (secondary N) is 2. The molecular weight excluding hydrogens is 338 g/mol. The summed E-state index contributed by atoms with van der Waals surface area (Å²) in [6.07, 6.45) is 3.93. The fraction of sp³-hybridized carbons (Fsp3) is 0.952. The van der Waals surface area contributed by atoms with Crippen LogP contribution in [0.1, 0.15) is 47.0 Å². The van der Waals surface area contributed by atoms with E-state index in [2.05, 4.69) is 48.1 Å². The second kappa shape index (κ2) is 12.6. The average Bonchev–Trinajstić information content (AvgIpc) is 3.16. The first-order chi connectivity index (χ1) is 13.1. The zero-order valence-electron chi connectivity index (χ0n) is 18.2. The van der Waals surface area contributed by atoms with Crippen LogP contribution in [0.3, 0.4) is 0 Å². The highest BCUT2D eigenvalue weighted by atomic mass is 16.5. The van der Waals surface area contributed by atoms with Crippen molar-refractivity contribution in [1.29, 1.82) is 0 Å². The van der Waals surface area contributed by atoms with Gasteiger partial charge in [-0.15, -0.1) is 0 Å². The van der Waals surface area contributed by atoms with E-state index >= 15 is 0 Å². The predicted octanol–water partition coefficient (Wildman–Crippen LogP) is 2.02. The molecule has 0 radical (unpaired) electrons. The first-order valence-electron chi connectivity index (χ1n) is 11.1. The van der Waals surface area contributed by atoms with Crippen LogP contribution in [-0.2, 0) is 4.74 Å². The summed E-state index contributed by atoms with van der Waals surface area (Å²) in [7, 11) is 0. The van der Waals surface area contributed by atoms with Crippen molar-refractivity contribution in [1.82, 2.24) is 20.4 Å². The van der Waals surface area contributed by atoms with Gasteiger partial charge in [-0.25, -0.2) is 0 Å². The fourth-order valence-corrected chi connectivity index (χ4v) is 4.12. The Morgan fingerprint density at radius 1 is 1.04 bits per heavy atom. The molecule has 0 spiro atoms. The maximum Gasteiger partial charge on any atom is 0.191 e. The van der Waals surface area contributed by atoms with E-state index in [0.29, 0.717) is 17.9 Å². The van der Waals surface area contributed by atoms with Crippen molar-refractivity contribution in [2.45, 2.75) is 53.0 Å². The van der Waals surface area contributed by atoms with E-state index in [1.54, 1.807) is 0 Å². The molecule has 2 saturated heterocycles. The lowest BCUT2D eigenvalue weighted by Crippen LogP contribution is -2.51. The van der Waals surface area contributed by atoms with E-state index in [-0.39, 0.29) is 0 Å². The van der Waals surface area contributed by atoms with E-state index in [0.717, 1.165) is 51.9 Å². The smallest absolute Gasteiger partial charge is 0.191 e. The summed E-state index contributed by atoms with van der Waals surface area (Å²) >= 11 is 0. The molecule has 0 aromatic heterocycles. The highest BCUT2D eigenvalue weighted by Crippen LogP contribution is 2.13. The Hall–Kier alpha value is -0.850. The highest BCUT2D eigenvalue weighted by Gasteiger charge is 2.22. The van der Waals surface area contributed by atoms with Gasteiger partial charge in [-0.3, -0.25) is 9.89 Å². The monoisotopic (exact) mass is 381 g/mol. The Morgan fingerprint density at radius 2 is 1.74 bits per heavy atom. The number of hydrogen-bond acceptors (Lipinski definition) is 4. The Bertz CT molecular complexity index is 417. The normalized spacial score (nSPS) is 22.2. The molecular formula is C21H43N5O. The van der Waals surface area contributed by atoms with Crippen LogP contribution in [0.15, 0.2) is 4.99 Å². The third-order valence-electron chi connectivity index (χ3n) is 5.48. The molecule has 27 heavy (non-hydrogen) atoms. The SMILES string of the molecule is CCNC(=NCC(C)CN1CCCC1)NCC(CC(C)C)N1CCOCC1. The minimum absolute atomic E-state index is 0.541. The van der Waals surface area contributed by atoms with Gasteiger partial charge in [0.15, 0.2) is 5.96 Å². The van der Waals surface area contributed by atoms with Gasteiger partial charge in [0.25, 0.3) is 0 Å². The van der Waals surface area contributed by atoms with Crippen molar-refractivity contribution in [3.05, 3.63) is 0 Å². The van der Waals surface area contributed by atoms with Crippen molar-refractivity contribution < 1.29 is 4.74 Å². The zero-order valence-corrected chi connectivity index (χ0v) is 18.2. The minimum Gasteiger partial charge on any atom is -0.379 e. The molecule has 2 fully saturated rings. The van der Waals surface area contributed by atoms with Gasteiger partial charge in [-0.1, -0.05) is 20.8 Å². The van der Waals surface area contributed by atoms with Crippen LogP contribution in [-0.4, -0.2) is 87.4 Å². The largest absolute Gasteiger partial charge is 0.379 e. The predicted molar refractivity (Wildman–Crippen MR) is 114 cm³/mol. The van der Waals surface area contributed by atoms with Gasteiger partial charge in [0.1, 0.15) is 0 Å². The maximum atomic E-state index is 5.54. The van der Waals surface area contributed by atoms with Gasteiger partial charge in [-0.2, -0.15) is 0 Å². The molecule has 2 unspecified atom stereocenters. The van der Waals surface area contributed by atoms with Gasteiger partial charge < -0.3 is 20.3 Å². The number of hydrogen-bond donors (Lipinski definition) is 2. The first-order valence-corrected chi connectivity index (χ1v) is 11.1. The van der Waals surface area contributed by atoms with Crippen LogP contribution in [0.2, 0.25) is 0 Å². The zero-order chi connectivity index (χ0) is 19.5. The van der Waals surface area contributed by atoms with E-state index < -0.39 is 0 Å². The molecule has 0 aliphatic carbocycles. The molecule has 2 N–H and O–H groups in total. The topological polar surface area (TPSA) is 52.1 Å². The summed E-state index contributed by atoms with van der Waals surface area (Å²) in [5, 5.41) is 7.04. The molecule has 2 atom stereocenters. The Labute approximate surface area is 167 Å². The molecule has 0 amide bonds. The van der Waals surface area contributed by atoms with Crippen molar-refractivity contribution in [2.24, 2.45) is 16.8 Å². The van der Waals surface area contributed by atoms with Gasteiger partial charge in [0, 0.05) is 45.3 Å².